The Balaban J connectivity index is 1.80. The number of carbonyl (C=O) groups is 1. The molecule has 1 aromatic carbocycles. The Hall–Kier alpha value is -2.40. The zero-order valence-corrected chi connectivity index (χ0v) is 11.8. The Bertz CT molecular complexity index is 643. The first-order chi connectivity index (χ1) is 10.3. The zero-order valence-electron chi connectivity index (χ0n) is 11.8. The molecule has 0 saturated heterocycles. The molecule has 0 saturated carbocycles. The third-order valence-electron chi connectivity index (χ3n) is 3.32. The van der Waals surface area contributed by atoms with Crippen molar-refractivity contribution in [1.82, 2.24) is 10.3 Å². The minimum atomic E-state index is -0.271. The van der Waals surface area contributed by atoms with Crippen LogP contribution in [0.25, 0.3) is 0 Å². The van der Waals surface area contributed by atoms with Crippen molar-refractivity contribution in [3.8, 4) is 11.5 Å². The van der Waals surface area contributed by atoms with Crippen LogP contribution in [0.2, 0.25) is 0 Å². The summed E-state index contributed by atoms with van der Waals surface area (Å²) in [6.45, 7) is 2.89. The molecule has 5 nitrogen and oxygen atoms in total. The van der Waals surface area contributed by atoms with Crippen LogP contribution in [0.4, 0.5) is 5.69 Å². The SMILES string of the molecule is CCCNC1C(=O)Nc2cc(Oc3cccnc3)ccc21. The summed E-state index contributed by atoms with van der Waals surface area (Å²) >= 11 is 0. The highest BCUT2D eigenvalue weighted by Crippen LogP contribution is 2.34. The van der Waals surface area contributed by atoms with E-state index in [0.717, 1.165) is 24.2 Å². The smallest absolute Gasteiger partial charge is 0.246 e. The van der Waals surface area contributed by atoms with E-state index in [9.17, 15) is 4.79 Å². The van der Waals surface area contributed by atoms with E-state index in [2.05, 4.69) is 22.5 Å². The van der Waals surface area contributed by atoms with Crippen molar-refractivity contribution in [2.75, 3.05) is 11.9 Å². The van der Waals surface area contributed by atoms with Crippen molar-refractivity contribution in [3.05, 3.63) is 48.3 Å². The van der Waals surface area contributed by atoms with Gasteiger partial charge in [0, 0.05) is 23.5 Å². The van der Waals surface area contributed by atoms with Gasteiger partial charge in [-0.2, -0.15) is 0 Å². The van der Waals surface area contributed by atoms with Gasteiger partial charge in [-0.25, -0.2) is 0 Å². The maximum Gasteiger partial charge on any atom is 0.246 e. The van der Waals surface area contributed by atoms with Crippen molar-refractivity contribution in [2.45, 2.75) is 19.4 Å². The molecule has 0 bridgehead atoms. The van der Waals surface area contributed by atoms with E-state index in [0.29, 0.717) is 11.5 Å². The molecule has 1 aromatic heterocycles. The van der Waals surface area contributed by atoms with Gasteiger partial charge < -0.3 is 15.4 Å². The molecule has 21 heavy (non-hydrogen) atoms. The van der Waals surface area contributed by atoms with Crippen LogP contribution in [-0.2, 0) is 4.79 Å². The number of nitrogens with zero attached hydrogens (tertiary/aromatic N) is 1. The molecule has 0 spiro atoms. The summed E-state index contributed by atoms with van der Waals surface area (Å²) in [5.41, 5.74) is 1.77. The molecular formula is C16H17N3O2. The van der Waals surface area contributed by atoms with Crippen LogP contribution in [0.15, 0.2) is 42.7 Å². The lowest BCUT2D eigenvalue weighted by atomic mass is 10.1. The minimum Gasteiger partial charge on any atom is -0.456 e. The van der Waals surface area contributed by atoms with Crippen molar-refractivity contribution >= 4 is 11.6 Å². The molecule has 1 aliphatic heterocycles. The molecule has 1 aliphatic rings. The lowest BCUT2D eigenvalue weighted by molar-refractivity contribution is -0.117. The molecule has 0 fully saturated rings. The van der Waals surface area contributed by atoms with E-state index in [1.165, 1.54) is 0 Å². The van der Waals surface area contributed by atoms with Gasteiger partial charge in [0.25, 0.3) is 0 Å². The topological polar surface area (TPSA) is 63.2 Å². The zero-order chi connectivity index (χ0) is 14.7. The summed E-state index contributed by atoms with van der Waals surface area (Å²) in [6.07, 6.45) is 4.33. The van der Waals surface area contributed by atoms with Crippen molar-refractivity contribution in [2.24, 2.45) is 0 Å². The van der Waals surface area contributed by atoms with Gasteiger partial charge in [0.2, 0.25) is 5.91 Å². The molecule has 2 aromatic rings. The standard InChI is InChI=1S/C16H17N3O2/c1-2-7-18-15-13-6-5-11(9-14(13)19-16(15)20)21-12-4-3-8-17-10-12/h3-6,8-10,15,18H,2,7H2,1H3,(H,19,20). The highest BCUT2D eigenvalue weighted by Gasteiger charge is 2.30. The summed E-state index contributed by atoms with van der Waals surface area (Å²) in [5, 5.41) is 6.13. The number of rotatable bonds is 5. The molecule has 1 atom stereocenters. The average molecular weight is 283 g/mol. The molecule has 5 heteroatoms. The second-order valence-corrected chi connectivity index (χ2v) is 4.92. The number of hydrogen-bond donors (Lipinski definition) is 2. The van der Waals surface area contributed by atoms with E-state index in [1.54, 1.807) is 12.4 Å². The van der Waals surface area contributed by atoms with Gasteiger partial charge in [0.1, 0.15) is 17.5 Å². The first-order valence-electron chi connectivity index (χ1n) is 7.04. The maximum absolute atomic E-state index is 12.0. The number of aromatic nitrogens is 1. The van der Waals surface area contributed by atoms with E-state index in [-0.39, 0.29) is 11.9 Å². The van der Waals surface area contributed by atoms with Crippen LogP contribution in [0, 0.1) is 0 Å². The molecule has 108 valence electrons. The molecule has 0 aliphatic carbocycles. The second kappa shape index (κ2) is 5.93. The molecule has 1 unspecified atom stereocenters. The van der Waals surface area contributed by atoms with Crippen LogP contribution < -0.4 is 15.4 Å². The summed E-state index contributed by atoms with van der Waals surface area (Å²) in [5.74, 6) is 1.33. The molecule has 1 amide bonds. The van der Waals surface area contributed by atoms with E-state index >= 15 is 0 Å². The molecule has 3 rings (SSSR count). The fourth-order valence-corrected chi connectivity index (χ4v) is 2.34. The number of fused-ring (bicyclic) bond motifs is 1. The second-order valence-electron chi connectivity index (χ2n) is 4.92. The first-order valence-corrected chi connectivity index (χ1v) is 7.04. The Morgan fingerprint density at radius 1 is 1.33 bits per heavy atom. The number of anilines is 1. The number of carbonyl (C=O) groups excluding carboxylic acids is 1. The van der Waals surface area contributed by atoms with Gasteiger partial charge in [-0.05, 0) is 31.2 Å². The third-order valence-corrected chi connectivity index (χ3v) is 3.32. The van der Waals surface area contributed by atoms with Crippen molar-refractivity contribution < 1.29 is 9.53 Å². The van der Waals surface area contributed by atoms with E-state index < -0.39 is 0 Å². The average Bonchev–Trinajstić information content (AvgIpc) is 2.81. The van der Waals surface area contributed by atoms with Crippen LogP contribution in [0.1, 0.15) is 24.9 Å². The van der Waals surface area contributed by atoms with Crippen LogP contribution in [0.3, 0.4) is 0 Å². The summed E-state index contributed by atoms with van der Waals surface area (Å²) in [4.78, 5) is 16.0. The van der Waals surface area contributed by atoms with Crippen LogP contribution >= 0.6 is 0 Å². The molecule has 2 heterocycles. The fourth-order valence-electron chi connectivity index (χ4n) is 2.34. The highest BCUT2D eigenvalue weighted by atomic mass is 16.5. The van der Waals surface area contributed by atoms with E-state index in [1.807, 2.05) is 30.3 Å². The normalized spacial score (nSPS) is 16.4. The van der Waals surface area contributed by atoms with Crippen LogP contribution in [0.5, 0.6) is 11.5 Å². The number of ether oxygens (including phenoxy) is 1. The lowest BCUT2D eigenvalue weighted by Crippen LogP contribution is -2.27. The number of pyridine rings is 1. The Kier molecular flexibility index (Phi) is 3.83. The number of benzene rings is 1. The van der Waals surface area contributed by atoms with Crippen molar-refractivity contribution in [1.29, 1.82) is 0 Å². The number of amides is 1. The predicted molar refractivity (Wildman–Crippen MR) is 80.4 cm³/mol. The molecular weight excluding hydrogens is 266 g/mol. The quantitative estimate of drug-likeness (QED) is 0.885. The third kappa shape index (κ3) is 2.87. The largest absolute Gasteiger partial charge is 0.456 e. The molecule has 2 N–H and O–H groups in total. The summed E-state index contributed by atoms with van der Waals surface area (Å²) < 4.78 is 5.72. The van der Waals surface area contributed by atoms with Gasteiger partial charge in [-0.3, -0.25) is 9.78 Å². The van der Waals surface area contributed by atoms with Gasteiger partial charge >= 0.3 is 0 Å². The van der Waals surface area contributed by atoms with Crippen LogP contribution in [-0.4, -0.2) is 17.4 Å². The Morgan fingerprint density at radius 2 is 2.24 bits per heavy atom. The molecule has 0 radical (unpaired) electrons. The number of nitrogens with one attached hydrogen (secondary N) is 2. The summed E-state index contributed by atoms with van der Waals surface area (Å²) in [7, 11) is 0. The summed E-state index contributed by atoms with van der Waals surface area (Å²) in [6, 6.07) is 9.01. The fraction of sp³-hybridized carbons (Fsp3) is 0.250. The van der Waals surface area contributed by atoms with Gasteiger partial charge in [-0.1, -0.05) is 13.0 Å². The Morgan fingerprint density at radius 3 is 3.00 bits per heavy atom. The van der Waals surface area contributed by atoms with Gasteiger partial charge in [0.15, 0.2) is 0 Å². The first kappa shape index (κ1) is 13.6. The lowest BCUT2D eigenvalue weighted by Gasteiger charge is -2.11. The van der Waals surface area contributed by atoms with Gasteiger partial charge in [0.05, 0.1) is 6.20 Å². The predicted octanol–water partition coefficient (Wildman–Crippen LogP) is 2.87. The Labute approximate surface area is 123 Å². The highest BCUT2D eigenvalue weighted by molar-refractivity contribution is 6.02. The minimum absolute atomic E-state index is 0.0167. The number of hydrogen-bond acceptors (Lipinski definition) is 4. The van der Waals surface area contributed by atoms with Gasteiger partial charge in [-0.15, -0.1) is 0 Å². The monoisotopic (exact) mass is 283 g/mol. The maximum atomic E-state index is 12.0. The van der Waals surface area contributed by atoms with Crippen molar-refractivity contribution in [3.63, 3.8) is 0 Å². The van der Waals surface area contributed by atoms with E-state index in [4.69, 9.17) is 4.74 Å².